The zero-order valence-electron chi connectivity index (χ0n) is 7.16. The molecule has 1 aliphatic heterocycles. The topological polar surface area (TPSA) is 23.5 Å². The van der Waals surface area contributed by atoms with Crippen LogP contribution in [0.3, 0.4) is 0 Å². The van der Waals surface area contributed by atoms with Crippen molar-refractivity contribution < 1.29 is 5.11 Å². The van der Waals surface area contributed by atoms with Crippen molar-refractivity contribution in [3.05, 3.63) is 12.2 Å². The van der Waals surface area contributed by atoms with Gasteiger partial charge in [-0.15, -0.1) is 0 Å². The maximum Gasteiger partial charge on any atom is 0.0667 e. The third-order valence-electron chi connectivity index (χ3n) is 2.08. The molecule has 1 atom stereocenters. The lowest BCUT2D eigenvalue weighted by atomic mass is 10.1. The highest BCUT2D eigenvalue weighted by Crippen LogP contribution is 2.08. The molecule has 0 aromatic carbocycles. The van der Waals surface area contributed by atoms with Gasteiger partial charge in [0.1, 0.15) is 0 Å². The van der Waals surface area contributed by atoms with Crippen LogP contribution >= 0.6 is 0 Å². The second-order valence-corrected chi connectivity index (χ2v) is 3.12. The first kappa shape index (κ1) is 8.75. The highest BCUT2D eigenvalue weighted by atomic mass is 16.3. The number of hydrogen-bond donors (Lipinski definition) is 1. The number of hydrogen-bond acceptors (Lipinski definition) is 2. The molecular weight excluding hydrogens is 138 g/mol. The van der Waals surface area contributed by atoms with E-state index in [1.54, 1.807) is 0 Å². The van der Waals surface area contributed by atoms with Crippen LogP contribution in [0.15, 0.2) is 12.2 Å². The van der Waals surface area contributed by atoms with Gasteiger partial charge < -0.3 is 5.11 Å². The first-order valence-electron chi connectivity index (χ1n) is 4.34. The lowest BCUT2D eigenvalue weighted by Crippen LogP contribution is -2.38. The van der Waals surface area contributed by atoms with Crippen molar-refractivity contribution in [2.45, 2.75) is 25.9 Å². The van der Waals surface area contributed by atoms with Crippen LogP contribution in [0.4, 0.5) is 0 Å². The summed E-state index contributed by atoms with van der Waals surface area (Å²) in [6.07, 6.45) is 6.22. The monoisotopic (exact) mass is 155 g/mol. The van der Waals surface area contributed by atoms with E-state index in [1.807, 2.05) is 6.92 Å². The van der Waals surface area contributed by atoms with E-state index in [-0.39, 0.29) is 6.10 Å². The second kappa shape index (κ2) is 4.52. The van der Waals surface area contributed by atoms with Crippen molar-refractivity contribution in [1.82, 2.24) is 4.90 Å². The third kappa shape index (κ3) is 3.04. The Balaban J connectivity index is 2.22. The minimum Gasteiger partial charge on any atom is -0.392 e. The van der Waals surface area contributed by atoms with E-state index in [9.17, 15) is 5.11 Å². The highest BCUT2D eigenvalue weighted by Gasteiger charge is 2.15. The van der Waals surface area contributed by atoms with Gasteiger partial charge >= 0.3 is 0 Å². The molecule has 0 saturated carbocycles. The molecule has 11 heavy (non-hydrogen) atoms. The second-order valence-electron chi connectivity index (χ2n) is 3.12. The van der Waals surface area contributed by atoms with Gasteiger partial charge in [-0.1, -0.05) is 12.2 Å². The predicted molar refractivity (Wildman–Crippen MR) is 46.5 cm³/mol. The Kier molecular flexibility index (Phi) is 3.60. The average molecular weight is 155 g/mol. The van der Waals surface area contributed by atoms with Crippen molar-refractivity contribution in [2.24, 2.45) is 0 Å². The fourth-order valence-corrected chi connectivity index (χ4v) is 1.45. The van der Waals surface area contributed by atoms with Crippen LogP contribution in [0.2, 0.25) is 0 Å². The van der Waals surface area contributed by atoms with E-state index in [0.29, 0.717) is 0 Å². The zero-order chi connectivity index (χ0) is 8.10. The van der Waals surface area contributed by atoms with Crippen LogP contribution in [-0.4, -0.2) is 35.7 Å². The molecule has 1 fully saturated rings. The number of nitrogens with zero attached hydrogens (tertiary/aromatic N) is 1. The zero-order valence-corrected chi connectivity index (χ0v) is 7.16. The molecule has 0 aromatic heterocycles. The Morgan fingerprint density at radius 2 is 2.45 bits per heavy atom. The Morgan fingerprint density at radius 1 is 1.64 bits per heavy atom. The summed E-state index contributed by atoms with van der Waals surface area (Å²) in [6, 6.07) is 0. The van der Waals surface area contributed by atoms with Crippen LogP contribution in [0.1, 0.15) is 19.8 Å². The van der Waals surface area contributed by atoms with Gasteiger partial charge in [0.2, 0.25) is 0 Å². The molecule has 1 unspecified atom stereocenters. The summed E-state index contributed by atoms with van der Waals surface area (Å²) in [7, 11) is 0. The van der Waals surface area contributed by atoms with Gasteiger partial charge in [-0.05, 0) is 26.3 Å². The normalized spacial score (nSPS) is 28.0. The van der Waals surface area contributed by atoms with Crippen molar-refractivity contribution in [1.29, 1.82) is 0 Å². The van der Waals surface area contributed by atoms with E-state index < -0.39 is 0 Å². The molecule has 1 saturated heterocycles. The van der Waals surface area contributed by atoms with E-state index in [4.69, 9.17) is 0 Å². The molecular formula is C9H17NO. The van der Waals surface area contributed by atoms with Crippen LogP contribution in [0, 0.1) is 0 Å². The largest absolute Gasteiger partial charge is 0.392 e. The van der Waals surface area contributed by atoms with Crippen molar-refractivity contribution >= 4 is 0 Å². The average Bonchev–Trinajstić information content (AvgIpc) is 2.01. The van der Waals surface area contributed by atoms with Gasteiger partial charge in [-0.2, -0.15) is 0 Å². The Labute approximate surface area is 68.5 Å². The summed E-state index contributed by atoms with van der Waals surface area (Å²) in [5.74, 6) is 0. The van der Waals surface area contributed by atoms with Crippen molar-refractivity contribution in [3.8, 4) is 0 Å². The number of allylic oxidation sites excluding steroid dienone is 1. The standard InChI is InChI=1S/C9H17NO/c1-2-3-6-10-7-4-5-9(11)8-10/h2-3,9,11H,4-8H2,1H3/b3-2+. The number of aliphatic hydroxyl groups is 1. The lowest BCUT2D eigenvalue weighted by Gasteiger charge is -2.28. The summed E-state index contributed by atoms with van der Waals surface area (Å²) in [4.78, 5) is 2.29. The number of β-amino-alcohol motifs (C(OH)–C–C–N with tert-alkyl or cyclic N) is 1. The summed E-state index contributed by atoms with van der Waals surface area (Å²) in [6.45, 7) is 5.01. The molecule has 1 N–H and O–H groups in total. The summed E-state index contributed by atoms with van der Waals surface area (Å²) in [5, 5.41) is 9.31. The van der Waals surface area contributed by atoms with Gasteiger partial charge in [0.15, 0.2) is 0 Å². The predicted octanol–water partition coefficient (Wildman–Crippen LogP) is 1.02. The molecule has 0 spiro atoms. The Morgan fingerprint density at radius 3 is 3.09 bits per heavy atom. The van der Waals surface area contributed by atoms with Gasteiger partial charge in [0.05, 0.1) is 6.10 Å². The van der Waals surface area contributed by atoms with E-state index in [0.717, 1.165) is 32.5 Å². The van der Waals surface area contributed by atoms with Crippen molar-refractivity contribution in [2.75, 3.05) is 19.6 Å². The quantitative estimate of drug-likeness (QED) is 0.602. The minimum absolute atomic E-state index is 0.0889. The third-order valence-corrected chi connectivity index (χ3v) is 2.08. The molecule has 0 amide bonds. The Hall–Kier alpha value is -0.340. The first-order valence-corrected chi connectivity index (χ1v) is 4.34. The van der Waals surface area contributed by atoms with Crippen molar-refractivity contribution in [3.63, 3.8) is 0 Å². The molecule has 0 radical (unpaired) electrons. The molecule has 1 rings (SSSR count). The van der Waals surface area contributed by atoms with Gasteiger partial charge in [-0.3, -0.25) is 4.90 Å². The molecule has 2 heteroatoms. The van der Waals surface area contributed by atoms with Crippen LogP contribution in [0.25, 0.3) is 0 Å². The first-order chi connectivity index (χ1) is 5.33. The lowest BCUT2D eigenvalue weighted by molar-refractivity contribution is 0.0770. The molecule has 0 aliphatic carbocycles. The smallest absolute Gasteiger partial charge is 0.0667 e. The minimum atomic E-state index is -0.0889. The maximum atomic E-state index is 9.31. The number of aliphatic hydroxyl groups excluding tert-OH is 1. The highest BCUT2D eigenvalue weighted by molar-refractivity contribution is 4.83. The van der Waals surface area contributed by atoms with E-state index >= 15 is 0 Å². The SMILES string of the molecule is C/C=C/CN1CCCC(O)C1. The maximum absolute atomic E-state index is 9.31. The molecule has 1 aliphatic rings. The number of likely N-dealkylation sites (tertiary alicyclic amines) is 1. The number of rotatable bonds is 2. The molecule has 0 bridgehead atoms. The number of piperidine rings is 1. The summed E-state index contributed by atoms with van der Waals surface area (Å²) >= 11 is 0. The van der Waals surface area contributed by atoms with Gasteiger partial charge in [-0.25, -0.2) is 0 Å². The summed E-state index contributed by atoms with van der Waals surface area (Å²) < 4.78 is 0. The summed E-state index contributed by atoms with van der Waals surface area (Å²) in [5.41, 5.74) is 0. The molecule has 2 nitrogen and oxygen atoms in total. The Bertz CT molecular complexity index is 134. The fraction of sp³-hybridized carbons (Fsp3) is 0.778. The van der Waals surface area contributed by atoms with Gasteiger partial charge in [0, 0.05) is 13.1 Å². The van der Waals surface area contributed by atoms with Gasteiger partial charge in [0.25, 0.3) is 0 Å². The van der Waals surface area contributed by atoms with E-state index in [1.165, 1.54) is 0 Å². The van der Waals surface area contributed by atoms with E-state index in [2.05, 4.69) is 17.1 Å². The van der Waals surface area contributed by atoms with Crippen LogP contribution < -0.4 is 0 Å². The fourth-order valence-electron chi connectivity index (χ4n) is 1.45. The molecule has 0 aromatic rings. The van der Waals surface area contributed by atoms with Crippen LogP contribution in [0.5, 0.6) is 0 Å². The molecule has 64 valence electrons. The van der Waals surface area contributed by atoms with Crippen LogP contribution in [-0.2, 0) is 0 Å². The molecule has 1 heterocycles.